The van der Waals surface area contributed by atoms with Crippen molar-refractivity contribution in [2.24, 2.45) is 5.92 Å². The van der Waals surface area contributed by atoms with Crippen LogP contribution < -0.4 is 16.0 Å². The van der Waals surface area contributed by atoms with Crippen molar-refractivity contribution >= 4 is 41.4 Å². The fraction of sp³-hybridized carbons (Fsp3) is 0.595. The largest absolute Gasteiger partial charge is 0.461 e. The van der Waals surface area contributed by atoms with Gasteiger partial charge in [-0.25, -0.2) is 4.79 Å². The Morgan fingerprint density at radius 3 is 2.35 bits per heavy atom. The molecule has 0 radical (unpaired) electrons. The molecule has 4 fully saturated rings. The molecule has 0 saturated carbocycles. The molecule has 0 aromatic heterocycles. The quantitative estimate of drug-likeness (QED) is 0.276. The van der Waals surface area contributed by atoms with Gasteiger partial charge in [0.25, 0.3) is 0 Å². The van der Waals surface area contributed by atoms with E-state index >= 15 is 0 Å². The second-order valence-corrected chi connectivity index (χ2v) is 14.1. The van der Waals surface area contributed by atoms with Crippen LogP contribution >= 0.6 is 0 Å². The molecule has 1 aromatic rings. The first-order chi connectivity index (χ1) is 24.5. The Kier molecular flexibility index (Phi) is 12.5. The van der Waals surface area contributed by atoms with Crippen molar-refractivity contribution < 1.29 is 38.3 Å². The second kappa shape index (κ2) is 17.0. The van der Waals surface area contributed by atoms with E-state index in [9.17, 15) is 33.6 Å². The van der Waals surface area contributed by atoms with Gasteiger partial charge >= 0.3 is 5.97 Å². The number of amides is 6. The van der Waals surface area contributed by atoms with Crippen LogP contribution in [-0.4, -0.2) is 119 Å². The molecule has 3 N–H and O–H groups in total. The molecule has 4 aliphatic rings. The Balaban J connectivity index is 1.47. The van der Waals surface area contributed by atoms with Gasteiger partial charge in [-0.2, -0.15) is 0 Å². The highest BCUT2D eigenvalue weighted by atomic mass is 16.5. The maximum atomic E-state index is 14.4. The number of ether oxygens (including phenoxy) is 1. The van der Waals surface area contributed by atoms with Gasteiger partial charge in [-0.05, 0) is 69.4 Å². The summed E-state index contributed by atoms with van der Waals surface area (Å²) in [4.78, 5) is 100. The number of carbonyl (C=O) groups is 7. The van der Waals surface area contributed by atoms with Crippen LogP contribution in [0.25, 0.3) is 0 Å². The number of hydrogen-bond acceptors (Lipinski definition) is 8. The molecule has 0 spiro atoms. The van der Waals surface area contributed by atoms with Gasteiger partial charge in [0.2, 0.25) is 35.4 Å². The number of nitrogens with one attached hydrogen (secondary N) is 3. The maximum Gasteiger partial charge on any atom is 0.328 e. The zero-order valence-corrected chi connectivity index (χ0v) is 29.7. The van der Waals surface area contributed by atoms with Crippen LogP contribution in [0.2, 0.25) is 0 Å². The first-order valence-corrected chi connectivity index (χ1v) is 18.2. The van der Waals surface area contributed by atoms with E-state index in [4.69, 9.17) is 4.74 Å². The van der Waals surface area contributed by atoms with Gasteiger partial charge in [-0.3, -0.25) is 28.8 Å². The van der Waals surface area contributed by atoms with Crippen molar-refractivity contribution in [2.45, 2.75) is 108 Å². The fourth-order valence-corrected chi connectivity index (χ4v) is 7.49. The number of fused-ring (bicyclic) bond motifs is 3. The zero-order chi connectivity index (χ0) is 36.7. The minimum atomic E-state index is -1.40. The van der Waals surface area contributed by atoms with E-state index in [1.807, 2.05) is 44.2 Å². The lowest BCUT2D eigenvalue weighted by Crippen LogP contribution is -2.62. The number of benzene rings is 1. The lowest BCUT2D eigenvalue weighted by Gasteiger charge is -2.39. The number of rotatable bonds is 7. The Hall–Kier alpha value is -4.75. The summed E-state index contributed by atoms with van der Waals surface area (Å²) in [6.07, 6.45) is 6.77. The Labute approximate surface area is 298 Å². The Morgan fingerprint density at radius 1 is 0.902 bits per heavy atom. The molecule has 0 bridgehead atoms. The summed E-state index contributed by atoms with van der Waals surface area (Å²) >= 11 is 0. The summed E-state index contributed by atoms with van der Waals surface area (Å²) in [7, 11) is 0. The predicted octanol–water partition coefficient (Wildman–Crippen LogP) is 0.836. The van der Waals surface area contributed by atoms with Crippen molar-refractivity contribution in [1.29, 1.82) is 0 Å². The minimum Gasteiger partial charge on any atom is -0.461 e. The smallest absolute Gasteiger partial charge is 0.328 e. The number of esters is 1. The van der Waals surface area contributed by atoms with Gasteiger partial charge in [0, 0.05) is 26.1 Å². The number of cyclic esters (lactones) is 1. The Morgan fingerprint density at radius 2 is 1.61 bits per heavy atom. The van der Waals surface area contributed by atoms with Gasteiger partial charge < -0.3 is 35.4 Å². The highest BCUT2D eigenvalue weighted by molar-refractivity contribution is 5.98. The number of piperidine rings is 1. The molecule has 5 rings (SSSR count). The van der Waals surface area contributed by atoms with Crippen LogP contribution in [0.15, 0.2) is 42.5 Å². The number of hydrogen-bond donors (Lipinski definition) is 3. The van der Waals surface area contributed by atoms with Crippen molar-refractivity contribution in [2.75, 3.05) is 26.2 Å². The first-order valence-electron chi connectivity index (χ1n) is 18.2. The lowest BCUT2D eigenvalue weighted by molar-refractivity contribution is -0.158. The third-order valence-electron chi connectivity index (χ3n) is 10.1. The van der Waals surface area contributed by atoms with Crippen LogP contribution in [0.5, 0.6) is 0 Å². The number of allylic oxidation sites excluding steroid dienone is 1. The molecule has 276 valence electrons. The van der Waals surface area contributed by atoms with Gasteiger partial charge in [-0.15, -0.1) is 0 Å². The summed E-state index contributed by atoms with van der Waals surface area (Å²) in [6, 6.07) is 3.01. The third-order valence-corrected chi connectivity index (χ3v) is 10.1. The van der Waals surface area contributed by atoms with E-state index in [0.29, 0.717) is 45.1 Å². The molecule has 0 unspecified atom stereocenters. The predicted molar refractivity (Wildman–Crippen MR) is 185 cm³/mol. The normalized spacial score (nSPS) is 28.5. The third kappa shape index (κ3) is 8.95. The monoisotopic (exact) mass is 706 g/mol. The molecule has 6 amide bonds. The molecule has 4 aliphatic heterocycles. The summed E-state index contributed by atoms with van der Waals surface area (Å²) in [5, 5.41) is 8.25. The average Bonchev–Trinajstić information content (AvgIpc) is 3.78. The Bertz CT molecular complexity index is 1520. The molecule has 51 heavy (non-hydrogen) atoms. The van der Waals surface area contributed by atoms with Gasteiger partial charge in [0.05, 0.1) is 0 Å². The molecule has 4 heterocycles. The van der Waals surface area contributed by atoms with E-state index in [1.165, 1.54) is 20.8 Å². The number of nitrogens with zero attached hydrogens (tertiary/aromatic N) is 3. The zero-order valence-electron chi connectivity index (χ0n) is 29.7. The van der Waals surface area contributed by atoms with Crippen LogP contribution in [0.4, 0.5) is 0 Å². The summed E-state index contributed by atoms with van der Waals surface area (Å²) in [5.74, 6) is -3.82. The SMILES string of the molecule is CC/C=C/C(=O)N[C@@H](Cc1ccccc1)C(=O)N[C@H]1COC(=O)[C@@H]2C[C@@H](C)CN2C(=O)[C@H](C)NC(=O)[C@@H]2CCCCN2C(=O)[C@@H]2CCCN2C1=O. The molecule has 4 saturated heterocycles. The van der Waals surface area contributed by atoms with Crippen molar-refractivity contribution in [3.05, 3.63) is 48.0 Å². The highest BCUT2D eigenvalue weighted by Gasteiger charge is 2.46. The first kappa shape index (κ1) is 37.5. The molecule has 0 aliphatic carbocycles. The van der Waals surface area contributed by atoms with E-state index < -0.39 is 78.4 Å². The van der Waals surface area contributed by atoms with Crippen molar-refractivity contribution in [1.82, 2.24) is 30.7 Å². The lowest BCUT2D eigenvalue weighted by atomic mass is 9.99. The van der Waals surface area contributed by atoms with Crippen molar-refractivity contribution in [3.8, 4) is 0 Å². The van der Waals surface area contributed by atoms with E-state index in [0.717, 1.165) is 12.0 Å². The van der Waals surface area contributed by atoms with Crippen molar-refractivity contribution in [3.63, 3.8) is 0 Å². The van der Waals surface area contributed by atoms with E-state index in [1.54, 1.807) is 13.0 Å². The van der Waals surface area contributed by atoms with Crippen LogP contribution in [-0.2, 0) is 44.7 Å². The molecule has 14 nitrogen and oxygen atoms in total. The molecular weight excluding hydrogens is 656 g/mol. The molecule has 1 aromatic carbocycles. The molecule has 7 atom stereocenters. The van der Waals surface area contributed by atoms with Crippen LogP contribution in [0.1, 0.15) is 71.3 Å². The maximum absolute atomic E-state index is 14.4. The average molecular weight is 707 g/mol. The summed E-state index contributed by atoms with van der Waals surface area (Å²) < 4.78 is 5.71. The number of carbonyl (C=O) groups excluding carboxylic acids is 7. The molecule has 14 heteroatoms. The van der Waals surface area contributed by atoms with E-state index in [2.05, 4.69) is 16.0 Å². The molecular formula is C37H50N6O8. The van der Waals surface area contributed by atoms with Gasteiger partial charge in [0.15, 0.2) is 0 Å². The fourth-order valence-electron chi connectivity index (χ4n) is 7.49. The summed E-state index contributed by atoms with van der Waals surface area (Å²) in [6.45, 7) is 5.63. The van der Waals surface area contributed by atoms with Crippen LogP contribution in [0.3, 0.4) is 0 Å². The van der Waals surface area contributed by atoms with E-state index in [-0.39, 0.29) is 31.3 Å². The standard InChI is InChI=1S/C37H50N6O8/c1-4-5-16-31(44)39-26(20-25-12-7-6-8-13-25)32(45)40-27-22-51-37(50)30-19-23(2)21-43(30)34(47)24(3)38-33(46)28-14-9-10-17-41(28)36(49)29-15-11-18-42(29)35(27)48/h5-8,12-13,16,23-24,26-30H,4,9-11,14-15,17-22H2,1-3H3,(H,38,46)(H,39,44)(H,40,45)/b16-5+/t23-,24+,26+,27+,28+,29+,30+/m1/s1. The topological polar surface area (TPSA) is 175 Å². The van der Waals surface area contributed by atoms with Gasteiger partial charge in [-0.1, -0.05) is 50.3 Å². The minimum absolute atomic E-state index is 0.0328. The summed E-state index contributed by atoms with van der Waals surface area (Å²) in [5.41, 5.74) is 0.771. The van der Waals surface area contributed by atoms with Gasteiger partial charge in [0.1, 0.15) is 42.9 Å². The van der Waals surface area contributed by atoms with Crippen LogP contribution in [0, 0.1) is 5.92 Å². The highest BCUT2D eigenvalue weighted by Crippen LogP contribution is 2.28. The second-order valence-electron chi connectivity index (χ2n) is 14.1.